The number of hydrogen-bond acceptors (Lipinski definition) is 2. The molecule has 2 aromatic rings. The first kappa shape index (κ1) is 12.4. The minimum absolute atomic E-state index is 0.0855. The van der Waals surface area contributed by atoms with E-state index in [4.69, 9.17) is 0 Å². The van der Waals surface area contributed by atoms with Crippen molar-refractivity contribution in [2.75, 3.05) is 6.54 Å². The number of amides is 1. The summed E-state index contributed by atoms with van der Waals surface area (Å²) in [6.45, 7) is 2.63. The molecule has 0 bridgehead atoms. The zero-order valence-corrected chi connectivity index (χ0v) is 10.9. The number of nitrogens with zero attached hydrogens (tertiary/aromatic N) is 2. The lowest BCUT2D eigenvalue weighted by molar-refractivity contribution is 0.0946. The van der Waals surface area contributed by atoms with Gasteiger partial charge in [0.05, 0.1) is 10.9 Å². The topological polar surface area (TPSA) is 56.0 Å². The Morgan fingerprint density at radius 3 is 2.78 bits per heavy atom. The van der Waals surface area contributed by atoms with Crippen LogP contribution in [0.4, 0.5) is 0 Å². The van der Waals surface area contributed by atoms with E-state index in [1.807, 2.05) is 13.0 Å². The Kier molecular flexibility index (Phi) is 3.23. The lowest BCUT2D eigenvalue weighted by Crippen LogP contribution is -2.25. The summed E-state index contributed by atoms with van der Waals surface area (Å²) in [6, 6.07) is 3.50. The Morgan fingerprint density at radius 1 is 1.39 bits per heavy atom. The molecule has 0 aliphatic heterocycles. The number of rotatable bonds is 3. The van der Waals surface area contributed by atoms with Crippen LogP contribution in [-0.2, 0) is 14.1 Å². The van der Waals surface area contributed by atoms with E-state index in [0.717, 1.165) is 11.9 Å². The molecule has 1 N–H and O–H groups in total. The lowest BCUT2D eigenvalue weighted by Gasteiger charge is -2.05. The number of pyridine rings is 1. The molecule has 0 radical (unpaired) electrons. The highest BCUT2D eigenvalue weighted by Gasteiger charge is 2.14. The smallest absolute Gasteiger partial charge is 0.267 e. The molecule has 0 fully saturated rings. The summed E-state index contributed by atoms with van der Waals surface area (Å²) < 4.78 is 3.26. The standard InChI is InChI=1S/C13H17N3O2/c1-4-6-14-12(17)11-8-9-10(16(11)3)5-7-15(2)13(9)18/h5,7-8H,4,6H2,1-3H3,(H,14,17). The molecule has 0 aromatic carbocycles. The molecule has 0 unspecified atom stereocenters. The van der Waals surface area contributed by atoms with Crippen molar-refractivity contribution in [3.05, 3.63) is 34.4 Å². The molecular weight excluding hydrogens is 230 g/mol. The molecule has 0 spiro atoms. The van der Waals surface area contributed by atoms with E-state index in [0.29, 0.717) is 17.6 Å². The van der Waals surface area contributed by atoms with Gasteiger partial charge in [0, 0.05) is 26.8 Å². The highest BCUT2D eigenvalue weighted by Crippen LogP contribution is 2.14. The van der Waals surface area contributed by atoms with Crippen molar-refractivity contribution < 1.29 is 4.79 Å². The third-order valence-electron chi connectivity index (χ3n) is 3.05. The van der Waals surface area contributed by atoms with Gasteiger partial charge in [-0.15, -0.1) is 0 Å². The molecule has 5 heteroatoms. The van der Waals surface area contributed by atoms with Crippen LogP contribution in [0.3, 0.4) is 0 Å². The quantitative estimate of drug-likeness (QED) is 0.880. The van der Waals surface area contributed by atoms with Gasteiger partial charge in [-0.25, -0.2) is 0 Å². The van der Waals surface area contributed by atoms with Gasteiger partial charge >= 0.3 is 0 Å². The van der Waals surface area contributed by atoms with Crippen LogP contribution in [0.25, 0.3) is 10.9 Å². The van der Waals surface area contributed by atoms with Crippen LogP contribution in [0.5, 0.6) is 0 Å². The fourth-order valence-electron chi connectivity index (χ4n) is 1.98. The lowest BCUT2D eigenvalue weighted by atomic mass is 10.3. The van der Waals surface area contributed by atoms with Crippen molar-refractivity contribution in [2.45, 2.75) is 13.3 Å². The van der Waals surface area contributed by atoms with Crippen molar-refractivity contribution >= 4 is 16.8 Å². The van der Waals surface area contributed by atoms with E-state index in [2.05, 4.69) is 5.32 Å². The Labute approximate surface area is 105 Å². The average molecular weight is 247 g/mol. The zero-order chi connectivity index (χ0) is 13.3. The fourth-order valence-corrected chi connectivity index (χ4v) is 1.98. The maximum atomic E-state index is 11.9. The predicted molar refractivity (Wildman–Crippen MR) is 70.8 cm³/mol. The van der Waals surface area contributed by atoms with Crippen molar-refractivity contribution in [1.29, 1.82) is 0 Å². The van der Waals surface area contributed by atoms with Crippen LogP contribution in [0.2, 0.25) is 0 Å². The van der Waals surface area contributed by atoms with Gasteiger partial charge in [0.1, 0.15) is 5.69 Å². The molecule has 2 rings (SSSR count). The van der Waals surface area contributed by atoms with Crippen LogP contribution in [-0.4, -0.2) is 21.6 Å². The molecular formula is C13H17N3O2. The molecule has 0 saturated heterocycles. The number of fused-ring (bicyclic) bond motifs is 1. The molecule has 18 heavy (non-hydrogen) atoms. The number of carbonyl (C=O) groups is 1. The number of nitrogens with one attached hydrogen (secondary N) is 1. The largest absolute Gasteiger partial charge is 0.351 e. The molecule has 0 aliphatic carbocycles. The van der Waals surface area contributed by atoms with Gasteiger partial charge in [-0.05, 0) is 18.6 Å². The first-order valence-corrected chi connectivity index (χ1v) is 5.99. The summed E-state index contributed by atoms with van der Waals surface area (Å²) >= 11 is 0. The minimum Gasteiger partial charge on any atom is -0.351 e. The van der Waals surface area contributed by atoms with Gasteiger partial charge in [0.25, 0.3) is 11.5 Å². The van der Waals surface area contributed by atoms with Gasteiger partial charge in [-0.2, -0.15) is 0 Å². The van der Waals surface area contributed by atoms with Crippen molar-refractivity contribution in [1.82, 2.24) is 14.5 Å². The van der Waals surface area contributed by atoms with Crippen molar-refractivity contribution in [3.63, 3.8) is 0 Å². The van der Waals surface area contributed by atoms with E-state index in [-0.39, 0.29) is 11.5 Å². The van der Waals surface area contributed by atoms with Crippen molar-refractivity contribution in [3.8, 4) is 0 Å². The number of aryl methyl sites for hydroxylation is 2. The summed E-state index contributed by atoms with van der Waals surface area (Å²) in [6.07, 6.45) is 2.59. The Hall–Kier alpha value is -2.04. The summed E-state index contributed by atoms with van der Waals surface area (Å²) in [5, 5.41) is 3.39. The number of aromatic nitrogens is 2. The number of carbonyl (C=O) groups excluding carboxylic acids is 1. The Bertz CT molecular complexity index is 652. The van der Waals surface area contributed by atoms with Crippen LogP contribution in [0, 0.1) is 0 Å². The van der Waals surface area contributed by atoms with Crippen LogP contribution in [0.1, 0.15) is 23.8 Å². The summed E-state index contributed by atoms with van der Waals surface area (Å²) in [4.78, 5) is 23.9. The van der Waals surface area contributed by atoms with Crippen LogP contribution in [0.15, 0.2) is 23.1 Å². The second kappa shape index (κ2) is 4.68. The van der Waals surface area contributed by atoms with E-state index >= 15 is 0 Å². The first-order chi connectivity index (χ1) is 8.56. The molecule has 2 heterocycles. The Morgan fingerprint density at radius 2 is 2.11 bits per heavy atom. The SMILES string of the molecule is CCCNC(=O)c1cc2c(=O)n(C)ccc2n1C. The van der Waals surface area contributed by atoms with Gasteiger partial charge in [0.2, 0.25) is 0 Å². The van der Waals surface area contributed by atoms with Gasteiger partial charge in [-0.1, -0.05) is 6.92 Å². The second-order valence-electron chi connectivity index (χ2n) is 4.38. The van der Waals surface area contributed by atoms with Crippen LogP contribution >= 0.6 is 0 Å². The normalized spacial score (nSPS) is 10.8. The maximum absolute atomic E-state index is 11.9. The third-order valence-corrected chi connectivity index (χ3v) is 3.05. The molecule has 2 aromatic heterocycles. The van der Waals surface area contributed by atoms with Gasteiger partial charge in [0.15, 0.2) is 0 Å². The molecule has 0 atom stereocenters. The fraction of sp³-hybridized carbons (Fsp3) is 0.385. The predicted octanol–water partition coefficient (Wildman–Crippen LogP) is 1.02. The molecule has 0 saturated carbocycles. The minimum atomic E-state index is -0.141. The van der Waals surface area contributed by atoms with E-state index in [9.17, 15) is 9.59 Å². The van der Waals surface area contributed by atoms with Crippen molar-refractivity contribution in [2.24, 2.45) is 14.1 Å². The summed E-state index contributed by atoms with van der Waals surface area (Å²) in [7, 11) is 3.49. The van der Waals surface area contributed by atoms with E-state index < -0.39 is 0 Å². The molecule has 1 amide bonds. The average Bonchev–Trinajstić information content (AvgIpc) is 2.69. The van der Waals surface area contributed by atoms with Gasteiger partial charge in [-0.3, -0.25) is 9.59 Å². The van der Waals surface area contributed by atoms with E-state index in [1.54, 1.807) is 30.9 Å². The number of hydrogen-bond donors (Lipinski definition) is 1. The molecule has 0 aliphatic rings. The first-order valence-electron chi connectivity index (χ1n) is 5.99. The third kappa shape index (κ3) is 1.92. The zero-order valence-electron chi connectivity index (χ0n) is 10.9. The van der Waals surface area contributed by atoms with Gasteiger partial charge < -0.3 is 14.5 Å². The second-order valence-corrected chi connectivity index (χ2v) is 4.38. The highest BCUT2D eigenvalue weighted by atomic mass is 16.2. The Balaban J connectivity index is 2.54. The maximum Gasteiger partial charge on any atom is 0.267 e. The van der Waals surface area contributed by atoms with Crippen LogP contribution < -0.4 is 10.9 Å². The van der Waals surface area contributed by atoms with E-state index in [1.165, 1.54) is 4.57 Å². The summed E-state index contributed by atoms with van der Waals surface area (Å²) in [5.41, 5.74) is 1.21. The highest BCUT2D eigenvalue weighted by molar-refractivity contribution is 5.98. The molecule has 5 nitrogen and oxygen atoms in total. The molecule has 96 valence electrons. The monoisotopic (exact) mass is 247 g/mol. The summed E-state index contributed by atoms with van der Waals surface area (Å²) in [5.74, 6) is -0.141.